The van der Waals surface area contributed by atoms with E-state index >= 15 is 0 Å². The lowest BCUT2D eigenvalue weighted by Crippen LogP contribution is -2.06. The van der Waals surface area contributed by atoms with Gasteiger partial charge in [0, 0.05) is 43.6 Å². The molecule has 6 nitrogen and oxygen atoms in total. The van der Waals surface area contributed by atoms with Crippen LogP contribution in [0.2, 0.25) is 0 Å². The van der Waals surface area contributed by atoms with Crippen LogP contribution >= 0.6 is 11.3 Å². The number of hydrogen-bond donors (Lipinski definition) is 0. The first-order valence-electron chi connectivity index (χ1n) is 12.3. The third-order valence-corrected chi connectivity index (χ3v) is 7.92. The minimum atomic E-state index is 0.576. The van der Waals surface area contributed by atoms with E-state index in [0.717, 1.165) is 53.2 Å². The average Bonchev–Trinajstić information content (AvgIpc) is 3.53. The standard InChI is InChI=1S/C31H18N6S/c1-3-9-19(10-4-1)28-34-29(20-11-5-2-6-12-20)36-31(35-28)37-24-14-8-7-13-21(24)22-15-16-25-26(27(22)37)23-17-32-18-33-30(23)38-25/h1-18H. The van der Waals surface area contributed by atoms with Crippen molar-refractivity contribution < 1.29 is 0 Å². The van der Waals surface area contributed by atoms with Crippen LogP contribution in [0.5, 0.6) is 0 Å². The maximum atomic E-state index is 5.06. The van der Waals surface area contributed by atoms with Gasteiger partial charge in [0.1, 0.15) is 11.2 Å². The molecular formula is C31H18N6S. The summed E-state index contributed by atoms with van der Waals surface area (Å²) in [6.45, 7) is 0. The summed E-state index contributed by atoms with van der Waals surface area (Å²) in [5.41, 5.74) is 3.96. The van der Waals surface area contributed by atoms with E-state index < -0.39 is 0 Å². The molecule has 0 unspecified atom stereocenters. The zero-order valence-corrected chi connectivity index (χ0v) is 20.8. The molecule has 0 bridgehead atoms. The minimum Gasteiger partial charge on any atom is -0.277 e. The van der Waals surface area contributed by atoms with Crippen LogP contribution in [0.15, 0.2) is 110 Å². The Bertz CT molecular complexity index is 2070. The largest absolute Gasteiger partial charge is 0.277 e. The molecule has 38 heavy (non-hydrogen) atoms. The summed E-state index contributed by atoms with van der Waals surface area (Å²) in [6.07, 6.45) is 3.51. The molecule has 178 valence electrons. The molecule has 8 aromatic rings. The fraction of sp³-hybridized carbons (Fsp3) is 0. The Morgan fingerprint density at radius 3 is 2.03 bits per heavy atom. The number of hydrogen-bond acceptors (Lipinski definition) is 6. The Balaban J connectivity index is 1.54. The van der Waals surface area contributed by atoms with Crippen molar-refractivity contribution >= 4 is 53.4 Å². The molecule has 0 amide bonds. The number of para-hydroxylation sites is 1. The summed E-state index contributed by atoms with van der Waals surface area (Å²) in [5, 5.41) is 4.42. The van der Waals surface area contributed by atoms with Gasteiger partial charge in [0.05, 0.1) is 11.0 Å². The maximum absolute atomic E-state index is 5.06. The van der Waals surface area contributed by atoms with E-state index in [1.165, 1.54) is 0 Å². The number of benzene rings is 4. The predicted molar refractivity (Wildman–Crippen MR) is 154 cm³/mol. The topological polar surface area (TPSA) is 69.4 Å². The van der Waals surface area contributed by atoms with E-state index in [2.05, 4.69) is 50.9 Å². The third-order valence-electron chi connectivity index (χ3n) is 6.84. The Hall–Kier alpha value is -5.01. The van der Waals surface area contributed by atoms with Crippen molar-refractivity contribution in [3.05, 3.63) is 110 Å². The van der Waals surface area contributed by atoms with Gasteiger partial charge in [0.25, 0.3) is 0 Å². The summed E-state index contributed by atoms with van der Waals surface area (Å²) < 4.78 is 3.32. The van der Waals surface area contributed by atoms with E-state index in [0.29, 0.717) is 17.6 Å². The van der Waals surface area contributed by atoms with Gasteiger partial charge in [-0.25, -0.2) is 15.0 Å². The molecule has 0 radical (unpaired) electrons. The van der Waals surface area contributed by atoms with E-state index in [9.17, 15) is 0 Å². The van der Waals surface area contributed by atoms with Gasteiger partial charge in [-0.15, -0.1) is 11.3 Å². The Kier molecular flexibility index (Phi) is 4.59. The number of rotatable bonds is 3. The highest BCUT2D eigenvalue weighted by molar-refractivity contribution is 7.25. The maximum Gasteiger partial charge on any atom is 0.238 e. The normalized spacial score (nSPS) is 11.7. The van der Waals surface area contributed by atoms with Gasteiger partial charge in [-0.05, 0) is 12.1 Å². The van der Waals surface area contributed by atoms with Gasteiger partial charge < -0.3 is 0 Å². The second-order valence-corrected chi connectivity index (χ2v) is 10.1. The van der Waals surface area contributed by atoms with Crippen molar-refractivity contribution in [2.24, 2.45) is 0 Å². The molecule has 0 saturated heterocycles. The summed E-state index contributed by atoms with van der Waals surface area (Å²) in [4.78, 5) is 24.9. The average molecular weight is 507 g/mol. The van der Waals surface area contributed by atoms with E-state index in [1.54, 1.807) is 17.7 Å². The molecule has 0 N–H and O–H groups in total. The van der Waals surface area contributed by atoms with Gasteiger partial charge in [-0.3, -0.25) is 4.57 Å². The van der Waals surface area contributed by atoms with Crippen LogP contribution in [0, 0.1) is 0 Å². The smallest absolute Gasteiger partial charge is 0.238 e. The van der Waals surface area contributed by atoms with Crippen molar-refractivity contribution in [2.75, 3.05) is 0 Å². The summed E-state index contributed by atoms with van der Waals surface area (Å²) in [5.74, 6) is 1.84. The van der Waals surface area contributed by atoms with Crippen LogP contribution < -0.4 is 0 Å². The van der Waals surface area contributed by atoms with Crippen LogP contribution in [0.4, 0.5) is 0 Å². The lowest BCUT2D eigenvalue weighted by Gasteiger charge is -2.11. The molecule has 4 aromatic heterocycles. The van der Waals surface area contributed by atoms with Crippen molar-refractivity contribution in [3.63, 3.8) is 0 Å². The SMILES string of the molecule is c1ccc(-c2nc(-c3ccccc3)nc(-n3c4ccccc4c4ccc5sc6ncncc6c5c43)n2)cc1. The first-order chi connectivity index (χ1) is 18.8. The van der Waals surface area contributed by atoms with Crippen LogP contribution in [-0.4, -0.2) is 29.5 Å². The predicted octanol–water partition coefficient (Wildman–Crippen LogP) is 7.46. The minimum absolute atomic E-state index is 0.576. The van der Waals surface area contributed by atoms with Gasteiger partial charge in [0.15, 0.2) is 11.6 Å². The number of fused-ring (bicyclic) bond motifs is 7. The molecule has 0 spiro atoms. The van der Waals surface area contributed by atoms with Crippen LogP contribution in [0.3, 0.4) is 0 Å². The van der Waals surface area contributed by atoms with E-state index in [4.69, 9.17) is 15.0 Å². The molecule has 0 aliphatic rings. The van der Waals surface area contributed by atoms with Crippen molar-refractivity contribution in [3.8, 4) is 28.7 Å². The fourth-order valence-corrected chi connectivity index (χ4v) is 6.18. The van der Waals surface area contributed by atoms with Gasteiger partial charge in [-0.2, -0.15) is 9.97 Å². The molecule has 0 fully saturated rings. The summed E-state index contributed by atoms with van der Waals surface area (Å²) in [6, 6.07) is 32.9. The van der Waals surface area contributed by atoms with Crippen molar-refractivity contribution in [1.82, 2.24) is 29.5 Å². The first kappa shape index (κ1) is 21.1. The molecule has 4 heterocycles. The first-order valence-corrected chi connectivity index (χ1v) is 13.1. The van der Waals surface area contributed by atoms with E-state index in [-0.39, 0.29) is 0 Å². The zero-order chi connectivity index (χ0) is 25.1. The van der Waals surface area contributed by atoms with Crippen LogP contribution in [-0.2, 0) is 0 Å². The lowest BCUT2D eigenvalue weighted by atomic mass is 10.1. The molecule has 7 heteroatoms. The molecule has 0 atom stereocenters. The molecule has 4 aromatic carbocycles. The second-order valence-electron chi connectivity index (χ2n) is 9.05. The molecular weight excluding hydrogens is 488 g/mol. The van der Waals surface area contributed by atoms with Crippen LogP contribution in [0.1, 0.15) is 0 Å². The van der Waals surface area contributed by atoms with Crippen LogP contribution in [0.25, 0.3) is 70.8 Å². The Morgan fingerprint density at radius 1 is 0.605 bits per heavy atom. The summed E-state index contributed by atoms with van der Waals surface area (Å²) >= 11 is 1.67. The quantitative estimate of drug-likeness (QED) is 0.249. The highest BCUT2D eigenvalue weighted by Gasteiger charge is 2.21. The summed E-state index contributed by atoms with van der Waals surface area (Å²) in [7, 11) is 0. The molecule has 0 aliphatic heterocycles. The highest BCUT2D eigenvalue weighted by Crippen LogP contribution is 2.42. The molecule has 8 rings (SSSR count). The third kappa shape index (κ3) is 3.16. The molecule has 0 aliphatic carbocycles. The zero-order valence-electron chi connectivity index (χ0n) is 20.0. The van der Waals surface area contributed by atoms with Gasteiger partial charge >= 0.3 is 0 Å². The second kappa shape index (κ2) is 8.26. The van der Waals surface area contributed by atoms with E-state index in [1.807, 2.05) is 66.9 Å². The molecule has 0 saturated carbocycles. The number of nitrogens with zero attached hydrogens (tertiary/aromatic N) is 6. The fourth-order valence-electron chi connectivity index (χ4n) is 5.16. The van der Waals surface area contributed by atoms with Gasteiger partial charge in [-0.1, -0.05) is 84.9 Å². The lowest BCUT2D eigenvalue weighted by molar-refractivity contribution is 0.955. The van der Waals surface area contributed by atoms with Crippen molar-refractivity contribution in [1.29, 1.82) is 0 Å². The Morgan fingerprint density at radius 2 is 1.29 bits per heavy atom. The van der Waals surface area contributed by atoms with Gasteiger partial charge in [0.2, 0.25) is 5.95 Å². The highest BCUT2D eigenvalue weighted by atomic mass is 32.1. The number of thiophene rings is 1. The van der Waals surface area contributed by atoms with Crippen molar-refractivity contribution in [2.45, 2.75) is 0 Å². The Labute approximate surface area is 220 Å². The number of aromatic nitrogens is 6. The monoisotopic (exact) mass is 506 g/mol.